The zero-order valence-electron chi connectivity index (χ0n) is 14.3. The highest BCUT2D eigenvalue weighted by Crippen LogP contribution is 2.35. The smallest absolute Gasteiger partial charge is 0.375 e. The van der Waals surface area contributed by atoms with Crippen LogP contribution in [0.15, 0.2) is 12.1 Å². The molecule has 2 aromatic rings. The van der Waals surface area contributed by atoms with Gasteiger partial charge in [-0.3, -0.25) is 4.90 Å². The standard InChI is InChI=1S/C16H15F3N6O.ClH/c1-9-2-10(5-20)13(16(17,18)19)4-14(9)25-15(21-22-23-25)7-24-6-12-3-11(24)8-26-12;/h2,4,11-12H,3,6-8H2,1H3;1H/t11-,12-;/m0./s1. The Kier molecular flexibility index (Phi) is 5.12. The molecule has 7 nitrogen and oxygen atoms in total. The van der Waals surface area contributed by atoms with Gasteiger partial charge in [0.15, 0.2) is 5.82 Å². The van der Waals surface area contributed by atoms with Crippen LogP contribution in [0, 0.1) is 18.3 Å². The number of nitrogens with zero attached hydrogens (tertiary/aromatic N) is 6. The molecule has 2 aliphatic rings. The highest BCUT2D eigenvalue weighted by atomic mass is 35.5. The third kappa shape index (κ3) is 3.50. The lowest BCUT2D eigenvalue weighted by atomic mass is 10.0. The molecule has 0 spiro atoms. The van der Waals surface area contributed by atoms with Crippen LogP contribution in [0.2, 0.25) is 0 Å². The third-order valence-electron chi connectivity index (χ3n) is 4.88. The lowest BCUT2D eigenvalue weighted by Crippen LogP contribution is -2.37. The molecule has 2 fully saturated rings. The van der Waals surface area contributed by atoms with Crippen molar-refractivity contribution in [3.8, 4) is 11.8 Å². The van der Waals surface area contributed by atoms with Crippen LogP contribution in [0.25, 0.3) is 5.69 Å². The predicted octanol–water partition coefficient (Wildman–Crippen LogP) is 2.26. The molecule has 11 heteroatoms. The van der Waals surface area contributed by atoms with E-state index in [1.54, 1.807) is 13.0 Å². The molecule has 2 bridgehead atoms. The van der Waals surface area contributed by atoms with Gasteiger partial charge < -0.3 is 4.74 Å². The van der Waals surface area contributed by atoms with E-state index >= 15 is 0 Å². The van der Waals surface area contributed by atoms with Crippen molar-refractivity contribution in [3.63, 3.8) is 0 Å². The maximum Gasteiger partial charge on any atom is 0.417 e. The molecular formula is C16H16ClF3N6O. The monoisotopic (exact) mass is 400 g/mol. The van der Waals surface area contributed by atoms with Gasteiger partial charge in [-0.15, -0.1) is 17.5 Å². The van der Waals surface area contributed by atoms with E-state index in [1.165, 1.54) is 10.7 Å². The lowest BCUT2D eigenvalue weighted by Gasteiger charge is -2.26. The SMILES string of the molecule is Cc1cc(C#N)c(C(F)(F)F)cc1-n1nnnc1CN1C[C@@H]2C[C@H]1CO2.Cl. The van der Waals surface area contributed by atoms with Crippen molar-refractivity contribution in [1.29, 1.82) is 5.26 Å². The van der Waals surface area contributed by atoms with Crippen LogP contribution in [0.5, 0.6) is 0 Å². The molecule has 3 heterocycles. The maximum absolute atomic E-state index is 13.3. The fraction of sp³-hybridized carbons (Fsp3) is 0.500. The predicted molar refractivity (Wildman–Crippen MR) is 89.4 cm³/mol. The average molecular weight is 401 g/mol. The highest BCUT2D eigenvalue weighted by Gasteiger charge is 2.39. The van der Waals surface area contributed by atoms with E-state index in [4.69, 9.17) is 10.00 Å². The van der Waals surface area contributed by atoms with E-state index in [0.717, 1.165) is 19.0 Å². The largest absolute Gasteiger partial charge is 0.417 e. The molecule has 144 valence electrons. The van der Waals surface area contributed by atoms with Crippen molar-refractivity contribution in [3.05, 3.63) is 34.6 Å². The second kappa shape index (κ2) is 7.07. The van der Waals surface area contributed by atoms with E-state index < -0.39 is 17.3 Å². The fourth-order valence-electron chi connectivity index (χ4n) is 3.60. The Morgan fingerprint density at radius 2 is 2.15 bits per heavy atom. The number of rotatable bonds is 3. The van der Waals surface area contributed by atoms with Crippen LogP contribution >= 0.6 is 12.4 Å². The molecule has 4 rings (SSSR count). The van der Waals surface area contributed by atoms with Gasteiger partial charge in [-0.1, -0.05) is 0 Å². The molecule has 0 N–H and O–H groups in total. The minimum absolute atomic E-state index is 0. The number of nitriles is 1. The van der Waals surface area contributed by atoms with Crippen molar-refractivity contribution in [1.82, 2.24) is 25.1 Å². The Labute approximate surface area is 159 Å². The van der Waals surface area contributed by atoms with Gasteiger partial charge in [0, 0.05) is 12.6 Å². The summed E-state index contributed by atoms with van der Waals surface area (Å²) in [6.45, 7) is 3.48. The molecule has 0 unspecified atom stereocenters. The second-order valence-corrected chi connectivity index (χ2v) is 6.58. The molecular weight excluding hydrogens is 385 g/mol. The number of aromatic nitrogens is 4. The van der Waals surface area contributed by atoms with E-state index in [1.807, 2.05) is 0 Å². The topological polar surface area (TPSA) is 79.9 Å². The van der Waals surface area contributed by atoms with Gasteiger partial charge in [-0.25, -0.2) is 0 Å². The first-order valence-corrected chi connectivity index (χ1v) is 8.12. The van der Waals surface area contributed by atoms with E-state index in [2.05, 4.69) is 20.4 Å². The quantitative estimate of drug-likeness (QED) is 0.786. The molecule has 1 aromatic heterocycles. The summed E-state index contributed by atoms with van der Waals surface area (Å²) in [6, 6.07) is 4.05. The van der Waals surface area contributed by atoms with Gasteiger partial charge in [0.05, 0.1) is 42.1 Å². The molecule has 2 saturated heterocycles. The first kappa shape index (κ1) is 19.5. The number of hydrogen-bond donors (Lipinski definition) is 0. The molecule has 27 heavy (non-hydrogen) atoms. The molecule has 0 aliphatic carbocycles. The van der Waals surface area contributed by atoms with Gasteiger partial charge in [0.25, 0.3) is 0 Å². The molecule has 0 amide bonds. The van der Waals surface area contributed by atoms with Gasteiger partial charge in [0.2, 0.25) is 0 Å². The number of morpholine rings is 1. The van der Waals surface area contributed by atoms with E-state index in [-0.39, 0.29) is 30.2 Å². The van der Waals surface area contributed by atoms with Crippen molar-refractivity contribution in [2.75, 3.05) is 13.2 Å². The number of alkyl halides is 3. The van der Waals surface area contributed by atoms with Gasteiger partial charge >= 0.3 is 6.18 Å². The van der Waals surface area contributed by atoms with Gasteiger partial charge in [-0.2, -0.15) is 23.1 Å². The van der Waals surface area contributed by atoms with Crippen LogP contribution in [-0.2, 0) is 17.5 Å². The first-order valence-electron chi connectivity index (χ1n) is 8.12. The number of fused-ring (bicyclic) bond motifs is 2. The Morgan fingerprint density at radius 3 is 2.74 bits per heavy atom. The summed E-state index contributed by atoms with van der Waals surface area (Å²) >= 11 is 0. The minimum atomic E-state index is -4.63. The number of benzene rings is 1. The average Bonchev–Trinajstić information content (AvgIpc) is 3.30. The summed E-state index contributed by atoms with van der Waals surface area (Å²) in [5, 5.41) is 20.5. The first-order chi connectivity index (χ1) is 12.4. The minimum Gasteiger partial charge on any atom is -0.375 e. The molecule has 1 aromatic carbocycles. The van der Waals surface area contributed by atoms with Crippen LogP contribution in [0.1, 0.15) is 28.9 Å². The zero-order chi connectivity index (χ0) is 18.5. The van der Waals surface area contributed by atoms with E-state index in [0.29, 0.717) is 24.5 Å². The molecule has 2 atom stereocenters. The van der Waals surface area contributed by atoms with Crippen molar-refractivity contribution < 1.29 is 17.9 Å². The maximum atomic E-state index is 13.3. The van der Waals surface area contributed by atoms with Gasteiger partial charge in [0.1, 0.15) is 0 Å². The van der Waals surface area contributed by atoms with Crippen molar-refractivity contribution in [2.24, 2.45) is 0 Å². The van der Waals surface area contributed by atoms with Crippen LogP contribution in [0.4, 0.5) is 13.2 Å². The Balaban J connectivity index is 0.00000210. The van der Waals surface area contributed by atoms with Crippen LogP contribution in [-0.4, -0.2) is 50.4 Å². The normalized spacial score (nSPS) is 21.9. The number of ether oxygens (including phenoxy) is 1. The van der Waals surface area contributed by atoms with Gasteiger partial charge in [-0.05, 0) is 41.5 Å². The van der Waals surface area contributed by atoms with Crippen molar-refractivity contribution >= 4 is 12.4 Å². The second-order valence-electron chi connectivity index (χ2n) is 6.58. The summed E-state index contributed by atoms with van der Waals surface area (Å²) in [6.07, 6.45) is -3.47. The highest BCUT2D eigenvalue weighted by molar-refractivity contribution is 5.85. The summed E-state index contributed by atoms with van der Waals surface area (Å²) in [5.74, 6) is 0.457. The van der Waals surface area contributed by atoms with E-state index in [9.17, 15) is 13.2 Å². The summed E-state index contributed by atoms with van der Waals surface area (Å²) in [7, 11) is 0. The Bertz CT molecular complexity index is 893. The number of halogens is 4. The summed E-state index contributed by atoms with van der Waals surface area (Å²) in [4.78, 5) is 2.18. The van der Waals surface area contributed by atoms with Crippen molar-refractivity contribution in [2.45, 2.75) is 38.2 Å². The fourth-order valence-corrected chi connectivity index (χ4v) is 3.60. The van der Waals surface area contributed by atoms with Crippen LogP contribution in [0.3, 0.4) is 0 Å². The Hall–Kier alpha value is -2.22. The lowest BCUT2D eigenvalue weighted by molar-refractivity contribution is -0.137. The summed E-state index contributed by atoms with van der Waals surface area (Å²) < 4.78 is 46.7. The number of likely N-dealkylation sites (tertiary alicyclic amines) is 1. The molecule has 0 saturated carbocycles. The zero-order valence-corrected chi connectivity index (χ0v) is 15.1. The summed E-state index contributed by atoms with van der Waals surface area (Å²) in [5.41, 5.74) is -0.690. The number of tetrazole rings is 1. The number of aryl methyl sites for hydroxylation is 1. The Morgan fingerprint density at radius 1 is 1.37 bits per heavy atom. The van der Waals surface area contributed by atoms with Crippen LogP contribution < -0.4 is 0 Å². The number of hydrogen-bond acceptors (Lipinski definition) is 6. The third-order valence-corrected chi connectivity index (χ3v) is 4.88. The molecule has 2 aliphatic heterocycles. The molecule has 0 radical (unpaired) electrons.